The van der Waals surface area contributed by atoms with E-state index in [1.807, 2.05) is 0 Å². The molecule has 60 heavy (non-hydrogen) atoms. The van der Waals surface area contributed by atoms with E-state index in [0.717, 1.165) is 74.5 Å². The predicted molar refractivity (Wildman–Crippen MR) is 224 cm³/mol. The zero-order chi connectivity index (χ0) is 44.6. The molecule has 1 fully saturated rings. The van der Waals surface area contributed by atoms with Crippen molar-refractivity contribution < 1.29 is 66.3 Å². The van der Waals surface area contributed by atoms with Gasteiger partial charge in [0.15, 0.2) is 12.3 Å². The number of nitrogens with two attached hydrogens (primary N) is 1. The van der Waals surface area contributed by atoms with Gasteiger partial charge in [-0.3, -0.25) is 23.2 Å². The van der Waals surface area contributed by atoms with E-state index in [1.54, 1.807) is 0 Å². The number of nitrogen functional groups attached to an aromatic ring is 1. The zero-order valence-corrected chi connectivity index (χ0v) is 37.9. The molecule has 9 atom stereocenters. The molecule has 6 N–H and O–H groups in total. The van der Waals surface area contributed by atoms with Crippen LogP contribution in [0.4, 0.5) is 5.82 Å². The molecule has 18 nitrogen and oxygen atoms in total. The van der Waals surface area contributed by atoms with Gasteiger partial charge >= 0.3 is 33.3 Å². The van der Waals surface area contributed by atoms with Gasteiger partial charge in [0.2, 0.25) is 0 Å². The molecule has 0 radical (unpaired) electrons. The molecule has 2 heterocycles. The zero-order valence-electron chi connectivity index (χ0n) is 36.1. The van der Waals surface area contributed by atoms with E-state index in [9.17, 15) is 43.5 Å². The van der Waals surface area contributed by atoms with Gasteiger partial charge in [-0.1, -0.05) is 130 Å². The Kier molecular flexibility index (Phi) is 26.2. The second kappa shape index (κ2) is 29.2. The molecule has 2 rings (SSSR count). The summed E-state index contributed by atoms with van der Waals surface area (Å²) in [6.07, 6.45) is 12.5. The Morgan fingerprint density at radius 3 is 1.82 bits per heavy atom. The summed E-state index contributed by atoms with van der Waals surface area (Å²) in [4.78, 5) is 61.5. The van der Waals surface area contributed by atoms with Gasteiger partial charge in [0, 0.05) is 19.0 Å². The largest absolute Gasteiger partial charge is 0.481 e. The number of phosphoric ester groups is 2. The fourth-order valence-corrected chi connectivity index (χ4v) is 8.67. The first-order chi connectivity index (χ1) is 28.5. The Bertz CT molecular complexity index is 1530. The average Bonchev–Trinajstić information content (AvgIpc) is 3.47. The molecular weight excluding hydrogens is 824 g/mol. The smallest absolute Gasteiger partial charge is 0.462 e. The molecule has 1 aromatic rings. The molecule has 0 amide bonds. The third-order valence-corrected chi connectivity index (χ3v) is 13.4. The van der Waals surface area contributed by atoms with Crippen molar-refractivity contribution in [1.82, 2.24) is 9.55 Å². The van der Waals surface area contributed by atoms with Crippen LogP contribution >= 0.6 is 15.6 Å². The van der Waals surface area contributed by atoms with E-state index in [-0.39, 0.29) is 18.7 Å². The molecule has 1 aromatic heterocycles. The van der Waals surface area contributed by atoms with E-state index in [0.29, 0.717) is 18.8 Å². The summed E-state index contributed by atoms with van der Waals surface area (Å²) in [6.45, 7) is 6.64. The number of aliphatic hydroxyl groups excluding tert-OH is 2. The number of phosphoric acid groups is 2. The minimum atomic E-state index is -5.41. The maximum Gasteiger partial charge on any atom is 0.481 e. The van der Waals surface area contributed by atoms with Crippen LogP contribution in [-0.2, 0) is 46.3 Å². The molecule has 1 aliphatic rings. The molecule has 0 aromatic carbocycles. The first-order valence-corrected chi connectivity index (χ1v) is 24.8. The number of carbonyl (C=O) groups excluding carboxylic acids is 2. The van der Waals surface area contributed by atoms with Crippen molar-refractivity contribution in [2.24, 2.45) is 11.8 Å². The monoisotopic (exact) mass is 897 g/mol. The number of anilines is 1. The molecular formula is C40H73N3O15P2. The van der Waals surface area contributed by atoms with Crippen LogP contribution < -0.4 is 11.4 Å². The number of hydrogen-bond donors (Lipinski definition) is 5. The van der Waals surface area contributed by atoms with Gasteiger partial charge in [-0.25, -0.2) is 13.9 Å². The minimum Gasteiger partial charge on any atom is -0.462 e. The molecule has 5 unspecified atom stereocenters. The van der Waals surface area contributed by atoms with E-state index >= 15 is 0 Å². The number of nitrogens with zero attached hydrogens (tertiary/aromatic N) is 2. The summed E-state index contributed by atoms with van der Waals surface area (Å²) in [5.74, 6) is 0.192. The Morgan fingerprint density at radius 2 is 1.28 bits per heavy atom. The van der Waals surface area contributed by atoms with Gasteiger partial charge in [-0.15, -0.1) is 0 Å². The van der Waals surface area contributed by atoms with Crippen LogP contribution in [0.25, 0.3) is 0 Å². The van der Waals surface area contributed by atoms with Crippen LogP contribution in [0.5, 0.6) is 0 Å². The fourth-order valence-electron chi connectivity index (χ4n) is 6.56. The molecule has 1 aliphatic heterocycles. The quantitative estimate of drug-likeness (QED) is 0.0259. The standard InChI is InChI=1S/C40H73N3O15P2/c1-5-30(3)21-17-13-9-7-8-10-15-19-23-35(44)53-27-32(56-36(45)24-20-16-12-11-14-18-22-31(4)6-2)28-54-59(49,50)58-60(51,52)55-29-33-37(46)38(47)39(57-33)43-26-25-34(41)42-40(43)48/h25-26,30-33,37-39,46-47H,5-24,27-29H2,1-4H3,(H,49,50)(H,51,52)(H2,41,42,48)/t30?,31?,32-,33-,37+,38?,39-/m1/s1. The lowest BCUT2D eigenvalue weighted by atomic mass is 9.99. The van der Waals surface area contributed by atoms with Crippen molar-refractivity contribution in [2.45, 2.75) is 187 Å². The highest BCUT2D eigenvalue weighted by molar-refractivity contribution is 7.61. The summed E-state index contributed by atoms with van der Waals surface area (Å²) in [7, 11) is -10.8. The molecule has 348 valence electrons. The van der Waals surface area contributed by atoms with Gasteiger partial charge in [0.25, 0.3) is 0 Å². The van der Waals surface area contributed by atoms with Gasteiger partial charge in [-0.05, 0) is 30.7 Å². The highest BCUT2D eigenvalue weighted by atomic mass is 31.3. The van der Waals surface area contributed by atoms with Crippen molar-refractivity contribution in [3.63, 3.8) is 0 Å². The van der Waals surface area contributed by atoms with Crippen LogP contribution in [0.3, 0.4) is 0 Å². The second-order valence-corrected chi connectivity index (χ2v) is 19.1. The summed E-state index contributed by atoms with van der Waals surface area (Å²) >= 11 is 0. The Labute approximate surface area is 355 Å². The van der Waals surface area contributed by atoms with Crippen molar-refractivity contribution in [3.05, 3.63) is 22.7 Å². The summed E-state index contributed by atoms with van der Waals surface area (Å²) in [5, 5.41) is 20.8. The number of rotatable bonds is 34. The maximum absolute atomic E-state index is 12.8. The number of esters is 2. The topological polar surface area (TPSA) is 265 Å². The summed E-state index contributed by atoms with van der Waals surface area (Å²) < 4.78 is 56.5. The van der Waals surface area contributed by atoms with Crippen molar-refractivity contribution >= 4 is 33.4 Å². The molecule has 0 aliphatic carbocycles. The lowest BCUT2D eigenvalue weighted by Gasteiger charge is -2.21. The van der Waals surface area contributed by atoms with Crippen LogP contribution in [0.1, 0.15) is 162 Å². The van der Waals surface area contributed by atoms with Crippen molar-refractivity contribution in [1.29, 1.82) is 0 Å². The molecule has 0 spiro atoms. The molecule has 1 saturated heterocycles. The molecule has 20 heteroatoms. The summed E-state index contributed by atoms with van der Waals surface area (Å²) in [5.41, 5.74) is 4.57. The predicted octanol–water partition coefficient (Wildman–Crippen LogP) is 7.26. The normalized spacial score (nSPS) is 21.5. The fraction of sp³-hybridized carbons (Fsp3) is 0.850. The number of hydrogen-bond acceptors (Lipinski definition) is 15. The maximum atomic E-state index is 12.8. The van der Waals surface area contributed by atoms with Gasteiger partial charge in [0.05, 0.1) is 13.2 Å². The van der Waals surface area contributed by atoms with Crippen LogP contribution in [0.15, 0.2) is 17.1 Å². The number of aromatic nitrogens is 2. The minimum absolute atomic E-state index is 0.0519. The van der Waals surface area contributed by atoms with E-state index in [4.69, 9.17) is 29.0 Å². The number of aliphatic hydroxyl groups is 2. The van der Waals surface area contributed by atoms with Gasteiger partial charge in [-0.2, -0.15) is 9.29 Å². The third-order valence-electron chi connectivity index (χ3n) is 10.8. The average molecular weight is 898 g/mol. The van der Waals surface area contributed by atoms with Crippen LogP contribution in [0, 0.1) is 11.8 Å². The van der Waals surface area contributed by atoms with Gasteiger partial charge < -0.3 is 39.9 Å². The number of unbranched alkanes of at least 4 members (excludes halogenated alkanes) is 12. The Balaban J connectivity index is 1.86. The van der Waals surface area contributed by atoms with Crippen molar-refractivity contribution in [3.8, 4) is 0 Å². The first-order valence-electron chi connectivity index (χ1n) is 21.8. The van der Waals surface area contributed by atoms with E-state index in [1.165, 1.54) is 51.0 Å². The van der Waals surface area contributed by atoms with E-state index < -0.39 is 83.7 Å². The first kappa shape index (κ1) is 53.9. The lowest BCUT2D eigenvalue weighted by molar-refractivity contribution is -0.161. The van der Waals surface area contributed by atoms with Crippen LogP contribution in [-0.4, -0.2) is 85.7 Å². The third kappa shape index (κ3) is 22.7. The molecule has 0 bridgehead atoms. The second-order valence-electron chi connectivity index (χ2n) is 16.0. The SMILES string of the molecule is CCC(C)CCCCCCCCCCC(=O)OC[C@H](COP(=O)(O)OP(=O)(O)OC[C@H]1O[C@@H](n2ccc(N)nc2=O)C(O)[C@H]1O)OC(=O)CCCCCCCCC(C)CC. The van der Waals surface area contributed by atoms with E-state index in [2.05, 4.69) is 37.0 Å². The lowest BCUT2D eigenvalue weighted by Crippen LogP contribution is -2.36. The van der Waals surface area contributed by atoms with Crippen molar-refractivity contribution in [2.75, 3.05) is 25.6 Å². The number of ether oxygens (including phenoxy) is 3. The highest BCUT2D eigenvalue weighted by Crippen LogP contribution is 2.60. The Hall–Kier alpha value is -2.24. The highest BCUT2D eigenvalue weighted by Gasteiger charge is 2.46. The van der Waals surface area contributed by atoms with Crippen LogP contribution in [0.2, 0.25) is 0 Å². The Morgan fingerprint density at radius 1 is 0.783 bits per heavy atom. The molecule has 0 saturated carbocycles. The van der Waals surface area contributed by atoms with Gasteiger partial charge in [0.1, 0.15) is 30.7 Å². The number of carbonyl (C=O) groups is 2. The summed E-state index contributed by atoms with van der Waals surface area (Å²) in [6, 6.07) is 1.25.